The van der Waals surface area contributed by atoms with Crippen LogP contribution in [0, 0.1) is 0 Å². The lowest BCUT2D eigenvalue weighted by atomic mass is 10.1. The van der Waals surface area contributed by atoms with Crippen LogP contribution in [0.5, 0.6) is 5.75 Å². The van der Waals surface area contributed by atoms with Crippen molar-refractivity contribution in [3.05, 3.63) is 71.8 Å². The number of carbonyl (C=O) groups excluding carboxylic acids is 2. The van der Waals surface area contributed by atoms with Crippen molar-refractivity contribution in [2.24, 2.45) is 0 Å². The molecule has 0 radical (unpaired) electrons. The minimum absolute atomic E-state index is 0.000375. The highest BCUT2D eigenvalue weighted by Gasteiger charge is 2.29. The van der Waals surface area contributed by atoms with Gasteiger partial charge in [-0.3, -0.25) is 9.59 Å². The lowest BCUT2D eigenvalue weighted by molar-refractivity contribution is -0.137. The first-order valence-corrected chi connectivity index (χ1v) is 14.0. The van der Waals surface area contributed by atoms with Crippen molar-refractivity contribution in [2.75, 3.05) is 69.0 Å². The molecule has 4 aromatic rings. The van der Waals surface area contributed by atoms with Gasteiger partial charge >= 0.3 is 0 Å². The summed E-state index contributed by atoms with van der Waals surface area (Å²) in [6, 6.07) is 19.5. The smallest absolute Gasteiger partial charge is 0.260 e. The summed E-state index contributed by atoms with van der Waals surface area (Å²) < 4.78 is 16.5. The van der Waals surface area contributed by atoms with E-state index in [1.54, 1.807) is 4.90 Å². The molecule has 7 rings (SSSR count). The normalized spacial score (nSPS) is 17.3. The van der Waals surface area contributed by atoms with E-state index >= 15 is 0 Å². The zero-order valence-corrected chi connectivity index (χ0v) is 22.7. The number of benzene rings is 3. The minimum Gasteiger partial charge on any atom is -0.484 e. The largest absolute Gasteiger partial charge is 0.484 e. The number of nitrogens with one attached hydrogen (secondary N) is 1. The van der Waals surface area contributed by atoms with E-state index in [0.29, 0.717) is 38.6 Å². The Morgan fingerprint density at radius 2 is 1.61 bits per heavy atom. The fourth-order valence-electron chi connectivity index (χ4n) is 5.59. The third-order valence-electron chi connectivity index (χ3n) is 7.90. The van der Waals surface area contributed by atoms with Crippen molar-refractivity contribution in [3.8, 4) is 17.1 Å². The van der Waals surface area contributed by atoms with Crippen LogP contribution in [0.15, 0.2) is 60.7 Å². The molecule has 3 aromatic carbocycles. The second kappa shape index (κ2) is 10.9. The summed E-state index contributed by atoms with van der Waals surface area (Å²) in [5, 5.41) is 0. The molecule has 0 saturated carbocycles. The van der Waals surface area contributed by atoms with Crippen LogP contribution in [-0.2, 0) is 20.8 Å². The van der Waals surface area contributed by atoms with Gasteiger partial charge in [-0.05, 0) is 66.2 Å². The topological polar surface area (TPSA) is 100 Å². The van der Waals surface area contributed by atoms with Gasteiger partial charge in [0.25, 0.3) is 11.8 Å². The number of aromatic nitrogens is 2. The number of anilines is 2. The van der Waals surface area contributed by atoms with Crippen molar-refractivity contribution in [1.82, 2.24) is 14.9 Å². The monoisotopic (exact) mass is 553 g/mol. The molecule has 0 spiro atoms. The second-order valence-electron chi connectivity index (χ2n) is 10.4. The Labute approximate surface area is 237 Å². The van der Waals surface area contributed by atoms with Crippen LogP contribution in [0.4, 0.5) is 11.4 Å². The Morgan fingerprint density at radius 3 is 2.39 bits per heavy atom. The van der Waals surface area contributed by atoms with E-state index in [-0.39, 0.29) is 18.4 Å². The fraction of sp³-hybridized carbons (Fsp3) is 0.323. The van der Waals surface area contributed by atoms with Crippen LogP contribution in [0.1, 0.15) is 15.9 Å². The molecule has 3 aliphatic heterocycles. The Morgan fingerprint density at radius 1 is 0.878 bits per heavy atom. The predicted molar refractivity (Wildman–Crippen MR) is 154 cm³/mol. The van der Waals surface area contributed by atoms with Gasteiger partial charge in [0, 0.05) is 48.7 Å². The van der Waals surface area contributed by atoms with Crippen LogP contribution < -0.4 is 14.5 Å². The molecular weight excluding hydrogens is 522 g/mol. The van der Waals surface area contributed by atoms with Gasteiger partial charge in [0.2, 0.25) is 0 Å². The van der Waals surface area contributed by atoms with Crippen molar-refractivity contribution >= 4 is 34.2 Å². The molecule has 0 aliphatic carbocycles. The van der Waals surface area contributed by atoms with Gasteiger partial charge in [-0.15, -0.1) is 0 Å². The molecule has 1 aromatic heterocycles. The van der Waals surface area contributed by atoms with Gasteiger partial charge < -0.3 is 33.9 Å². The molecule has 41 heavy (non-hydrogen) atoms. The van der Waals surface area contributed by atoms with Gasteiger partial charge in [0.1, 0.15) is 11.6 Å². The van der Waals surface area contributed by atoms with E-state index in [4.69, 9.17) is 19.2 Å². The molecule has 0 atom stereocenters. The highest BCUT2D eigenvalue weighted by molar-refractivity contribution is 6.10. The van der Waals surface area contributed by atoms with Crippen molar-refractivity contribution in [3.63, 3.8) is 0 Å². The number of aromatic amines is 1. The van der Waals surface area contributed by atoms with Crippen LogP contribution in [0.3, 0.4) is 0 Å². The van der Waals surface area contributed by atoms with Gasteiger partial charge in [-0.1, -0.05) is 0 Å². The lowest BCUT2D eigenvalue weighted by Crippen LogP contribution is -2.42. The van der Waals surface area contributed by atoms with Crippen LogP contribution >= 0.6 is 0 Å². The van der Waals surface area contributed by atoms with Gasteiger partial charge in [-0.2, -0.15) is 0 Å². The number of amides is 2. The average molecular weight is 554 g/mol. The third-order valence-corrected chi connectivity index (χ3v) is 7.90. The van der Waals surface area contributed by atoms with Crippen molar-refractivity contribution < 1.29 is 23.8 Å². The molecule has 2 fully saturated rings. The first-order valence-electron chi connectivity index (χ1n) is 14.0. The number of nitrogens with zero attached hydrogens (tertiary/aromatic N) is 4. The average Bonchev–Trinajstić information content (AvgIpc) is 3.61. The van der Waals surface area contributed by atoms with Gasteiger partial charge in [0.15, 0.2) is 6.61 Å². The molecular formula is C31H31N5O5. The molecule has 4 heterocycles. The summed E-state index contributed by atoms with van der Waals surface area (Å²) in [4.78, 5) is 39.7. The quantitative estimate of drug-likeness (QED) is 0.390. The number of rotatable bonds is 6. The summed E-state index contributed by atoms with van der Waals surface area (Å²) >= 11 is 0. The first-order chi connectivity index (χ1) is 20.1. The van der Waals surface area contributed by atoms with Crippen molar-refractivity contribution in [2.45, 2.75) is 6.54 Å². The summed E-state index contributed by atoms with van der Waals surface area (Å²) in [7, 11) is 0. The van der Waals surface area contributed by atoms with E-state index in [9.17, 15) is 9.59 Å². The summed E-state index contributed by atoms with van der Waals surface area (Å²) in [5.41, 5.74) is 6.31. The van der Waals surface area contributed by atoms with E-state index in [2.05, 4.69) is 16.0 Å². The maximum atomic E-state index is 13.3. The van der Waals surface area contributed by atoms with E-state index < -0.39 is 0 Å². The SMILES string of the molecule is O=C(COc1ccc(-c2nc3cc(N4Cc5cc(N6CCOCC6)ccc5C4=O)ccc3[nH]2)cc1)N1CCOCC1. The van der Waals surface area contributed by atoms with Crippen molar-refractivity contribution in [1.29, 1.82) is 0 Å². The lowest BCUT2D eigenvalue weighted by Gasteiger charge is -2.29. The number of ether oxygens (including phenoxy) is 3. The maximum Gasteiger partial charge on any atom is 0.260 e. The third kappa shape index (κ3) is 5.12. The molecule has 2 amide bonds. The number of morpholine rings is 2. The first kappa shape index (κ1) is 25.6. The zero-order chi connectivity index (χ0) is 27.8. The Hall–Kier alpha value is -4.41. The van der Waals surface area contributed by atoms with Crippen LogP contribution in [-0.4, -0.2) is 85.9 Å². The predicted octanol–water partition coefficient (Wildman–Crippen LogP) is 3.46. The Balaban J connectivity index is 1.04. The molecule has 10 nitrogen and oxygen atoms in total. The summed E-state index contributed by atoms with van der Waals surface area (Å²) in [6.45, 7) is 6.04. The highest BCUT2D eigenvalue weighted by atomic mass is 16.5. The fourth-order valence-corrected chi connectivity index (χ4v) is 5.59. The maximum absolute atomic E-state index is 13.3. The molecule has 0 unspecified atom stereocenters. The molecule has 10 heteroatoms. The Bertz CT molecular complexity index is 1590. The van der Waals surface area contributed by atoms with E-state index in [0.717, 1.165) is 71.2 Å². The number of fused-ring (bicyclic) bond motifs is 2. The standard InChI is InChI=1S/C31H31N5O5/c37-29(35-11-15-40-16-12-35)20-41-25-5-1-21(2-6-25)30-32-27-8-4-24(18-28(27)33-30)36-19-22-17-23(3-7-26(22)31(36)38)34-9-13-39-14-10-34/h1-8,17-18H,9-16,19-20H2,(H,32,33). The molecule has 3 aliphatic rings. The number of H-pyrrole nitrogens is 1. The summed E-state index contributed by atoms with van der Waals surface area (Å²) in [5.74, 6) is 1.31. The van der Waals surface area contributed by atoms with Crippen LogP contribution in [0.25, 0.3) is 22.4 Å². The second-order valence-corrected chi connectivity index (χ2v) is 10.4. The van der Waals surface area contributed by atoms with Gasteiger partial charge in [0.05, 0.1) is 44.0 Å². The molecule has 0 bridgehead atoms. The minimum atomic E-state index is -0.0393. The number of carbonyl (C=O) groups is 2. The zero-order valence-electron chi connectivity index (χ0n) is 22.7. The van der Waals surface area contributed by atoms with E-state index in [1.165, 1.54) is 0 Å². The van der Waals surface area contributed by atoms with Gasteiger partial charge in [-0.25, -0.2) is 4.98 Å². The molecule has 210 valence electrons. The van der Waals surface area contributed by atoms with E-state index in [1.807, 2.05) is 59.5 Å². The Kier molecular flexibility index (Phi) is 6.77. The summed E-state index contributed by atoms with van der Waals surface area (Å²) in [6.07, 6.45) is 0. The highest BCUT2D eigenvalue weighted by Crippen LogP contribution is 2.33. The number of imidazole rings is 1. The number of hydrogen-bond acceptors (Lipinski definition) is 7. The molecule has 1 N–H and O–H groups in total. The number of hydrogen-bond donors (Lipinski definition) is 1. The molecule has 2 saturated heterocycles. The van der Waals surface area contributed by atoms with Crippen LogP contribution in [0.2, 0.25) is 0 Å².